The van der Waals surface area contributed by atoms with Crippen molar-refractivity contribution in [2.75, 3.05) is 39.0 Å². The lowest BCUT2D eigenvalue weighted by molar-refractivity contribution is -0.00428. The molecule has 0 aliphatic carbocycles. The van der Waals surface area contributed by atoms with Crippen LogP contribution in [-0.4, -0.2) is 79.6 Å². The zero-order valence-corrected chi connectivity index (χ0v) is 21.1. The maximum atomic E-state index is 10.7. The number of likely N-dealkylation sites (N-methyl/N-ethyl adjacent to an activating group) is 1. The van der Waals surface area contributed by atoms with E-state index in [0.29, 0.717) is 6.04 Å². The number of aliphatic hydroxyl groups is 1. The fourth-order valence-electron chi connectivity index (χ4n) is 3.85. The first-order valence-corrected chi connectivity index (χ1v) is 12.0. The molecule has 8 heteroatoms. The Labute approximate surface area is 200 Å². The topological polar surface area (TPSA) is 84.1 Å². The summed E-state index contributed by atoms with van der Waals surface area (Å²) < 4.78 is 5.69. The van der Waals surface area contributed by atoms with Gasteiger partial charge in [-0.05, 0) is 91.0 Å². The molecule has 1 fully saturated rings. The van der Waals surface area contributed by atoms with Crippen LogP contribution in [0.2, 0.25) is 0 Å². The molecule has 1 aromatic rings. The molecule has 2 rings (SSSR count). The Balaban J connectivity index is 1.99. The largest absolute Gasteiger partial charge is 0.491 e. The minimum atomic E-state index is -0.916. The molecular weight excluding hydrogens is 416 g/mol. The molecule has 1 aliphatic rings. The summed E-state index contributed by atoms with van der Waals surface area (Å²) in [4.78, 5) is 4.52. The number of aliphatic hydroxyl groups excluding tert-OH is 1. The van der Waals surface area contributed by atoms with E-state index in [1.54, 1.807) is 0 Å². The van der Waals surface area contributed by atoms with Crippen LogP contribution in [0.5, 0.6) is 5.75 Å². The second-order valence-corrected chi connectivity index (χ2v) is 9.05. The lowest BCUT2D eigenvalue weighted by atomic mass is 10.1. The van der Waals surface area contributed by atoms with Gasteiger partial charge >= 0.3 is 0 Å². The average molecular weight is 461 g/mol. The number of benzene rings is 1. The zero-order valence-electron chi connectivity index (χ0n) is 21.1. The van der Waals surface area contributed by atoms with Crippen molar-refractivity contribution in [2.45, 2.75) is 71.5 Å². The molecule has 0 radical (unpaired) electrons. The molecule has 186 valence electrons. The lowest BCUT2D eigenvalue weighted by Crippen LogP contribution is -2.70. The van der Waals surface area contributed by atoms with Gasteiger partial charge < -0.3 is 25.4 Å². The van der Waals surface area contributed by atoms with Gasteiger partial charge in [0.05, 0.1) is 12.3 Å². The first-order chi connectivity index (χ1) is 15.8. The van der Waals surface area contributed by atoms with E-state index >= 15 is 0 Å². The summed E-state index contributed by atoms with van der Waals surface area (Å²) in [6.45, 7) is 11.0. The van der Waals surface area contributed by atoms with E-state index in [-0.39, 0.29) is 18.6 Å². The fourth-order valence-corrected chi connectivity index (χ4v) is 3.85. The predicted octanol–water partition coefficient (Wildman–Crippen LogP) is 2.32. The fraction of sp³-hybridized carbons (Fsp3) is 0.640. The minimum Gasteiger partial charge on any atom is -0.491 e. The van der Waals surface area contributed by atoms with E-state index in [1.807, 2.05) is 51.1 Å². The molecule has 1 heterocycles. The Morgan fingerprint density at radius 1 is 1.30 bits per heavy atom. The van der Waals surface area contributed by atoms with Crippen LogP contribution in [0.1, 0.15) is 40.5 Å². The summed E-state index contributed by atoms with van der Waals surface area (Å²) in [5, 5.41) is 24.4. The van der Waals surface area contributed by atoms with Gasteiger partial charge in [-0.1, -0.05) is 0 Å². The van der Waals surface area contributed by atoms with Crippen molar-refractivity contribution in [2.24, 2.45) is 0 Å². The van der Waals surface area contributed by atoms with Crippen LogP contribution in [0.4, 0.5) is 5.69 Å². The maximum Gasteiger partial charge on any atom is 0.183 e. The van der Waals surface area contributed by atoms with Crippen LogP contribution in [0, 0.1) is 0 Å². The Morgan fingerprint density at radius 3 is 2.67 bits per heavy atom. The van der Waals surface area contributed by atoms with E-state index in [0.717, 1.165) is 43.9 Å². The molecule has 1 saturated heterocycles. The molecule has 4 atom stereocenters. The number of nitrogens with zero attached hydrogens (tertiary/aromatic N) is 2. The first-order valence-electron chi connectivity index (χ1n) is 12.0. The molecule has 8 nitrogen and oxygen atoms in total. The Kier molecular flexibility index (Phi) is 11.9. The Hall–Kier alpha value is -1.90. The van der Waals surface area contributed by atoms with Gasteiger partial charge in [-0.3, -0.25) is 10.2 Å². The second-order valence-electron chi connectivity index (χ2n) is 9.05. The maximum absolute atomic E-state index is 10.7. The summed E-state index contributed by atoms with van der Waals surface area (Å²) >= 11 is 0. The summed E-state index contributed by atoms with van der Waals surface area (Å²) in [7, 11) is 4.15. The average Bonchev–Trinajstić information content (AvgIpc) is 2.73. The van der Waals surface area contributed by atoms with Gasteiger partial charge in [-0.2, -0.15) is 0 Å². The van der Waals surface area contributed by atoms with Gasteiger partial charge in [0.2, 0.25) is 0 Å². The predicted molar refractivity (Wildman–Crippen MR) is 136 cm³/mol. The Morgan fingerprint density at radius 2 is 2.03 bits per heavy atom. The van der Waals surface area contributed by atoms with Gasteiger partial charge in [0.25, 0.3) is 0 Å². The van der Waals surface area contributed by atoms with Crippen molar-refractivity contribution < 1.29 is 9.84 Å². The molecule has 0 saturated carbocycles. The number of anilines is 1. The van der Waals surface area contributed by atoms with Crippen LogP contribution in [0.15, 0.2) is 42.1 Å². The summed E-state index contributed by atoms with van der Waals surface area (Å²) in [6.07, 6.45) is 5.05. The smallest absolute Gasteiger partial charge is 0.183 e. The van der Waals surface area contributed by atoms with Crippen molar-refractivity contribution in [3.63, 3.8) is 0 Å². The lowest BCUT2D eigenvalue weighted by Gasteiger charge is -2.46. The normalized spacial score (nSPS) is 22.2. The third-order valence-corrected chi connectivity index (χ3v) is 5.44. The highest BCUT2D eigenvalue weighted by Crippen LogP contribution is 2.18. The number of nitrogens with one attached hydrogen (secondary N) is 4. The van der Waals surface area contributed by atoms with Crippen molar-refractivity contribution in [3.8, 4) is 5.75 Å². The van der Waals surface area contributed by atoms with Crippen LogP contribution in [0.25, 0.3) is 0 Å². The molecule has 33 heavy (non-hydrogen) atoms. The number of hydrogen-bond donors (Lipinski definition) is 5. The molecule has 0 aromatic heterocycles. The first kappa shape index (κ1) is 27.3. The molecule has 0 spiro atoms. The molecule has 0 bridgehead atoms. The minimum absolute atomic E-state index is 0.128. The molecule has 1 aliphatic heterocycles. The molecule has 4 unspecified atom stereocenters. The standard InChI is InChI=1S/C25H44N6O2/c1-7-8-9-10-16-31-20(4)18-23(26-15-17-30(5)6)28-24(31)29-25(32)27-21-11-13-22(14-12-21)33-19(2)3/h7,9,11-14,19-20,23-29,32H,10,15-18H2,1-6H3. The summed E-state index contributed by atoms with van der Waals surface area (Å²) in [6, 6.07) is 7.97. The highest BCUT2D eigenvalue weighted by atomic mass is 16.5. The van der Waals surface area contributed by atoms with Crippen molar-refractivity contribution >= 4 is 5.69 Å². The summed E-state index contributed by atoms with van der Waals surface area (Å²) in [5.41, 5.74) is 3.97. The molecule has 5 N–H and O–H groups in total. The van der Waals surface area contributed by atoms with Crippen LogP contribution in [0.3, 0.4) is 0 Å². The SMILES string of the molecule is CC=C=CCCN1C(C)CC(NCCN(C)C)NC1NC(O)Nc1ccc(OC(C)C)cc1. The van der Waals surface area contributed by atoms with Crippen molar-refractivity contribution in [1.29, 1.82) is 0 Å². The van der Waals surface area contributed by atoms with Crippen molar-refractivity contribution in [1.82, 2.24) is 25.8 Å². The van der Waals surface area contributed by atoms with Gasteiger partial charge in [0.15, 0.2) is 6.35 Å². The number of hydrogen-bond acceptors (Lipinski definition) is 8. The highest BCUT2D eigenvalue weighted by Gasteiger charge is 2.33. The quantitative estimate of drug-likeness (QED) is 0.227. The van der Waals surface area contributed by atoms with Crippen LogP contribution < -0.4 is 26.0 Å². The van der Waals surface area contributed by atoms with Crippen LogP contribution >= 0.6 is 0 Å². The number of ether oxygens (including phenoxy) is 1. The van der Waals surface area contributed by atoms with E-state index in [4.69, 9.17) is 4.74 Å². The number of rotatable bonds is 13. The van der Waals surface area contributed by atoms with Gasteiger partial charge in [0.1, 0.15) is 12.0 Å². The highest BCUT2D eigenvalue weighted by molar-refractivity contribution is 5.46. The second kappa shape index (κ2) is 14.4. The van der Waals surface area contributed by atoms with Gasteiger partial charge in [-0.25, -0.2) is 5.32 Å². The third kappa shape index (κ3) is 10.3. The monoisotopic (exact) mass is 460 g/mol. The zero-order chi connectivity index (χ0) is 24.2. The van der Waals surface area contributed by atoms with E-state index < -0.39 is 6.35 Å². The van der Waals surface area contributed by atoms with E-state index in [1.165, 1.54) is 0 Å². The molecular formula is C25H44N6O2. The van der Waals surface area contributed by atoms with Crippen molar-refractivity contribution in [3.05, 3.63) is 42.1 Å². The van der Waals surface area contributed by atoms with Gasteiger partial charge in [-0.15, -0.1) is 5.73 Å². The Bertz CT molecular complexity index is 733. The van der Waals surface area contributed by atoms with Gasteiger partial charge in [0, 0.05) is 31.4 Å². The van der Waals surface area contributed by atoms with E-state index in [2.05, 4.69) is 63.9 Å². The third-order valence-electron chi connectivity index (χ3n) is 5.44. The van der Waals surface area contributed by atoms with E-state index in [9.17, 15) is 5.11 Å². The summed E-state index contributed by atoms with van der Waals surface area (Å²) in [5.74, 6) is 0.813. The van der Waals surface area contributed by atoms with Crippen LogP contribution in [-0.2, 0) is 0 Å². The molecule has 1 aromatic carbocycles. The molecule has 0 amide bonds.